The zero-order valence-electron chi connectivity index (χ0n) is 13.2. The van der Waals surface area contributed by atoms with Crippen LogP contribution in [-0.2, 0) is 16.6 Å². The van der Waals surface area contributed by atoms with E-state index < -0.39 is 10.0 Å². The van der Waals surface area contributed by atoms with Crippen LogP contribution in [0.3, 0.4) is 0 Å². The van der Waals surface area contributed by atoms with Crippen molar-refractivity contribution in [3.8, 4) is 0 Å². The summed E-state index contributed by atoms with van der Waals surface area (Å²) in [5.74, 6) is 0. The molecule has 2 rings (SSSR count). The summed E-state index contributed by atoms with van der Waals surface area (Å²) < 4.78 is 27.6. The highest BCUT2D eigenvalue weighted by Crippen LogP contribution is 2.35. The van der Waals surface area contributed by atoms with Crippen molar-refractivity contribution in [3.63, 3.8) is 0 Å². The lowest BCUT2D eigenvalue weighted by Gasteiger charge is -2.21. The van der Waals surface area contributed by atoms with Gasteiger partial charge in [-0.1, -0.05) is 20.3 Å². The molecule has 21 heavy (non-hydrogen) atoms. The van der Waals surface area contributed by atoms with Crippen molar-refractivity contribution in [2.75, 3.05) is 13.1 Å². The minimum Gasteiger partial charge on any atom is -0.312 e. The lowest BCUT2D eigenvalue weighted by molar-refractivity contribution is 0.395. The quantitative estimate of drug-likeness (QED) is 0.757. The van der Waals surface area contributed by atoms with E-state index in [4.69, 9.17) is 0 Å². The van der Waals surface area contributed by atoms with Gasteiger partial charge in [-0.2, -0.15) is 4.31 Å². The summed E-state index contributed by atoms with van der Waals surface area (Å²) >= 11 is 1.59. The Labute approximate surface area is 132 Å². The van der Waals surface area contributed by atoms with Crippen LogP contribution in [0.15, 0.2) is 11.0 Å². The Bertz CT molecular complexity index is 562. The van der Waals surface area contributed by atoms with Crippen LogP contribution in [0.1, 0.15) is 49.3 Å². The lowest BCUT2D eigenvalue weighted by Crippen LogP contribution is -2.34. The molecule has 1 fully saturated rings. The zero-order valence-corrected chi connectivity index (χ0v) is 14.8. The van der Waals surface area contributed by atoms with E-state index in [9.17, 15) is 8.42 Å². The van der Waals surface area contributed by atoms with Crippen LogP contribution < -0.4 is 5.32 Å². The topological polar surface area (TPSA) is 49.4 Å². The van der Waals surface area contributed by atoms with E-state index >= 15 is 0 Å². The van der Waals surface area contributed by atoms with Crippen molar-refractivity contribution < 1.29 is 8.42 Å². The minimum absolute atomic E-state index is 0.234. The highest BCUT2D eigenvalue weighted by molar-refractivity contribution is 7.89. The first-order valence-corrected chi connectivity index (χ1v) is 10.1. The van der Waals surface area contributed by atoms with Gasteiger partial charge >= 0.3 is 0 Å². The Balaban J connectivity index is 2.22. The second-order valence-electron chi connectivity index (χ2n) is 5.61. The molecule has 0 aliphatic heterocycles. The smallest absolute Gasteiger partial charge is 0.244 e. The molecular formula is C15H26N2O2S2. The van der Waals surface area contributed by atoms with Crippen molar-refractivity contribution in [1.29, 1.82) is 0 Å². The van der Waals surface area contributed by atoms with Crippen molar-refractivity contribution in [2.45, 2.75) is 63.9 Å². The summed E-state index contributed by atoms with van der Waals surface area (Å²) in [4.78, 5) is 2.52. The van der Waals surface area contributed by atoms with E-state index in [0.29, 0.717) is 11.4 Å². The number of nitrogens with zero attached hydrogens (tertiary/aromatic N) is 1. The zero-order chi connectivity index (χ0) is 15.5. The second-order valence-corrected chi connectivity index (χ2v) is 8.81. The fourth-order valence-electron chi connectivity index (χ4n) is 2.42. The van der Waals surface area contributed by atoms with Gasteiger partial charge in [-0.25, -0.2) is 8.42 Å². The molecule has 1 saturated carbocycles. The third-order valence-electron chi connectivity index (χ3n) is 3.75. The molecule has 0 radical (unpaired) electrons. The van der Waals surface area contributed by atoms with Crippen molar-refractivity contribution in [2.24, 2.45) is 0 Å². The Morgan fingerprint density at radius 3 is 2.67 bits per heavy atom. The Morgan fingerprint density at radius 1 is 1.38 bits per heavy atom. The van der Waals surface area contributed by atoms with E-state index in [1.807, 2.05) is 13.0 Å². The number of aryl methyl sites for hydroxylation is 1. The molecule has 1 aromatic rings. The van der Waals surface area contributed by atoms with Gasteiger partial charge in [0, 0.05) is 28.9 Å². The summed E-state index contributed by atoms with van der Waals surface area (Å²) in [6.45, 7) is 8.36. The minimum atomic E-state index is -3.33. The normalized spacial score (nSPS) is 15.8. The molecule has 0 unspecified atom stereocenters. The molecule has 0 aromatic carbocycles. The summed E-state index contributed by atoms with van der Waals surface area (Å²) in [5.41, 5.74) is 0. The predicted molar refractivity (Wildman–Crippen MR) is 88.3 cm³/mol. The first-order valence-electron chi connectivity index (χ1n) is 7.82. The Hall–Kier alpha value is -0.430. The molecule has 1 N–H and O–H groups in total. The van der Waals surface area contributed by atoms with Crippen LogP contribution in [0.25, 0.3) is 0 Å². The highest BCUT2D eigenvalue weighted by atomic mass is 32.2. The molecule has 4 nitrogen and oxygen atoms in total. The summed E-state index contributed by atoms with van der Waals surface area (Å²) in [7, 11) is -3.33. The Kier molecular flexibility index (Phi) is 5.82. The van der Waals surface area contributed by atoms with E-state index in [1.165, 1.54) is 0 Å². The molecule has 0 spiro atoms. The van der Waals surface area contributed by atoms with E-state index in [2.05, 4.69) is 19.2 Å². The van der Waals surface area contributed by atoms with E-state index in [1.54, 1.807) is 15.6 Å². The van der Waals surface area contributed by atoms with Gasteiger partial charge in [0.25, 0.3) is 0 Å². The van der Waals surface area contributed by atoms with E-state index in [-0.39, 0.29) is 6.04 Å². The molecule has 120 valence electrons. The average Bonchev–Trinajstić information content (AvgIpc) is 3.19. The number of hydrogen-bond donors (Lipinski definition) is 1. The number of unbranched alkanes of at least 4 members (excludes halogenated alkanes) is 1. The van der Waals surface area contributed by atoms with Gasteiger partial charge in [0.2, 0.25) is 10.0 Å². The lowest BCUT2D eigenvalue weighted by atomic mass is 10.3. The van der Waals surface area contributed by atoms with Gasteiger partial charge in [0.05, 0.1) is 4.90 Å². The van der Waals surface area contributed by atoms with Crippen molar-refractivity contribution in [3.05, 3.63) is 15.8 Å². The SMILES string of the molecule is CCCCN(C1CC1)S(=O)(=O)c1cc(CNCC)sc1C. The van der Waals surface area contributed by atoms with Crippen LogP contribution in [-0.4, -0.2) is 31.9 Å². The van der Waals surface area contributed by atoms with Crippen molar-refractivity contribution in [1.82, 2.24) is 9.62 Å². The van der Waals surface area contributed by atoms with Crippen LogP contribution in [0, 0.1) is 6.92 Å². The Morgan fingerprint density at radius 2 is 2.10 bits per heavy atom. The maximum absolute atomic E-state index is 12.9. The molecule has 0 atom stereocenters. The molecule has 0 bridgehead atoms. The maximum atomic E-state index is 12.9. The third kappa shape index (κ3) is 4.06. The largest absolute Gasteiger partial charge is 0.312 e. The number of nitrogens with one attached hydrogen (secondary N) is 1. The predicted octanol–water partition coefficient (Wildman–Crippen LogP) is 3.12. The van der Waals surface area contributed by atoms with Crippen LogP contribution in [0.4, 0.5) is 0 Å². The molecule has 6 heteroatoms. The molecule has 0 saturated heterocycles. The van der Waals surface area contributed by atoms with Crippen LogP contribution in [0.5, 0.6) is 0 Å². The van der Waals surface area contributed by atoms with Gasteiger partial charge in [-0.15, -0.1) is 11.3 Å². The number of sulfonamides is 1. The summed E-state index contributed by atoms with van der Waals surface area (Å²) in [6.07, 6.45) is 3.98. The highest BCUT2D eigenvalue weighted by Gasteiger charge is 2.38. The molecule has 1 aliphatic carbocycles. The average molecular weight is 331 g/mol. The van der Waals surface area contributed by atoms with Gasteiger partial charge in [-0.3, -0.25) is 0 Å². The summed E-state index contributed by atoms with van der Waals surface area (Å²) in [6, 6.07) is 2.09. The van der Waals surface area contributed by atoms with Gasteiger partial charge < -0.3 is 5.32 Å². The van der Waals surface area contributed by atoms with Crippen LogP contribution >= 0.6 is 11.3 Å². The molecular weight excluding hydrogens is 304 g/mol. The number of thiophene rings is 1. The standard InChI is InChI=1S/C15H26N2O2S2/c1-4-6-9-17(13-7-8-13)21(18,19)15-10-14(11-16-5-2)20-12(15)3/h10,13,16H,4-9,11H2,1-3H3. The fraction of sp³-hybridized carbons (Fsp3) is 0.733. The number of rotatable bonds is 9. The summed E-state index contributed by atoms with van der Waals surface area (Å²) in [5, 5.41) is 3.26. The number of hydrogen-bond acceptors (Lipinski definition) is 4. The molecule has 1 aromatic heterocycles. The first kappa shape index (κ1) is 16.9. The first-order chi connectivity index (χ1) is 10.0. The second kappa shape index (κ2) is 7.22. The fourth-order valence-corrected chi connectivity index (χ4v) is 5.72. The monoisotopic (exact) mass is 330 g/mol. The molecule has 1 aliphatic rings. The molecule has 0 amide bonds. The van der Waals surface area contributed by atoms with Crippen molar-refractivity contribution >= 4 is 21.4 Å². The third-order valence-corrected chi connectivity index (χ3v) is 7.00. The maximum Gasteiger partial charge on any atom is 0.244 e. The van der Waals surface area contributed by atoms with Gasteiger partial charge in [0.15, 0.2) is 0 Å². The van der Waals surface area contributed by atoms with E-state index in [0.717, 1.165) is 48.5 Å². The van der Waals surface area contributed by atoms with Gasteiger partial charge in [0.1, 0.15) is 0 Å². The van der Waals surface area contributed by atoms with Crippen LogP contribution in [0.2, 0.25) is 0 Å². The van der Waals surface area contributed by atoms with Gasteiger partial charge in [-0.05, 0) is 38.8 Å². The molecule has 1 heterocycles.